The number of benzene rings is 2. The van der Waals surface area contributed by atoms with Crippen molar-refractivity contribution in [2.75, 3.05) is 5.32 Å². The van der Waals surface area contributed by atoms with Gasteiger partial charge in [0.25, 0.3) is 0 Å². The van der Waals surface area contributed by atoms with Gasteiger partial charge in [-0.05, 0) is 105 Å². The fraction of sp³-hybridized carbons (Fsp3) is 0.400. The van der Waals surface area contributed by atoms with Gasteiger partial charge in [0, 0.05) is 17.8 Å². The number of aliphatic carboxylic acids is 1. The van der Waals surface area contributed by atoms with E-state index in [0.29, 0.717) is 24.3 Å². The summed E-state index contributed by atoms with van der Waals surface area (Å²) >= 11 is 0. The normalized spacial score (nSPS) is 11.6. The molecule has 0 saturated carbocycles. The zero-order valence-corrected chi connectivity index (χ0v) is 24.9. The summed E-state index contributed by atoms with van der Waals surface area (Å²) in [5.41, 5.74) is 5.67. The number of carbonyl (C=O) groups is 2. The molecule has 0 unspecified atom stereocenters. The minimum absolute atomic E-state index is 0.0517. The van der Waals surface area contributed by atoms with Gasteiger partial charge in [-0.15, -0.1) is 0 Å². The van der Waals surface area contributed by atoms with Crippen LogP contribution in [0.15, 0.2) is 54.6 Å². The number of hydrogen-bond acceptors (Lipinski definition) is 4. The quantitative estimate of drug-likeness (QED) is 0.164. The number of nitrogens with one attached hydrogen (secondary N) is 1. The number of anilines is 1. The third-order valence-corrected chi connectivity index (χ3v) is 7.95. The van der Waals surface area contributed by atoms with Crippen molar-refractivity contribution in [3.63, 3.8) is 0 Å². The molecule has 1 aromatic heterocycles. The Labute approximate surface area is 244 Å². The van der Waals surface area contributed by atoms with Gasteiger partial charge in [0.15, 0.2) is 0 Å². The molecule has 1 heterocycles. The van der Waals surface area contributed by atoms with E-state index in [1.807, 2.05) is 70.2 Å². The minimum atomic E-state index is -1.04. The summed E-state index contributed by atoms with van der Waals surface area (Å²) in [4.78, 5) is 29.1. The maximum absolute atomic E-state index is 12.6. The lowest BCUT2D eigenvalue weighted by molar-refractivity contribution is -0.151. The van der Waals surface area contributed by atoms with Crippen LogP contribution in [0.25, 0.3) is 12.2 Å². The van der Waals surface area contributed by atoms with E-state index in [9.17, 15) is 19.8 Å². The van der Waals surface area contributed by atoms with Crippen molar-refractivity contribution in [3.8, 4) is 5.75 Å². The first-order valence-corrected chi connectivity index (χ1v) is 14.7. The average molecular weight is 557 g/mol. The second kappa shape index (κ2) is 15.2. The molecule has 0 aliphatic heterocycles. The number of aromatic nitrogens is 1. The molecular formula is C35H44N2O4. The maximum atomic E-state index is 12.6. The molecule has 0 spiro atoms. The fourth-order valence-electron chi connectivity index (χ4n) is 5.20. The van der Waals surface area contributed by atoms with Crippen LogP contribution in [-0.4, -0.2) is 27.1 Å². The van der Waals surface area contributed by atoms with E-state index >= 15 is 0 Å². The Balaban J connectivity index is 1.48. The van der Waals surface area contributed by atoms with Crippen LogP contribution in [0.2, 0.25) is 0 Å². The summed E-state index contributed by atoms with van der Waals surface area (Å²) in [6.45, 7) is 7.52. The van der Waals surface area contributed by atoms with Gasteiger partial charge in [0.05, 0.1) is 11.1 Å². The SMILES string of the molecule is CCC(CC)(CC(=O)Nc1cccc(C=Cc2cccc(CCCCCCc3cc(C)c(O)c(C)c3)n2)c1)C(=O)O. The molecule has 3 rings (SSSR count). The number of carboxylic acid groups (broad SMARTS) is 1. The molecule has 41 heavy (non-hydrogen) atoms. The van der Waals surface area contributed by atoms with Crippen molar-refractivity contribution in [1.82, 2.24) is 4.98 Å². The third-order valence-electron chi connectivity index (χ3n) is 7.95. The Morgan fingerprint density at radius 1 is 0.878 bits per heavy atom. The zero-order valence-electron chi connectivity index (χ0n) is 24.9. The first-order valence-electron chi connectivity index (χ1n) is 14.7. The highest BCUT2D eigenvalue weighted by Gasteiger charge is 2.37. The van der Waals surface area contributed by atoms with E-state index in [2.05, 4.69) is 23.5 Å². The molecule has 0 aliphatic carbocycles. The van der Waals surface area contributed by atoms with Crippen molar-refractivity contribution in [1.29, 1.82) is 0 Å². The monoisotopic (exact) mass is 556 g/mol. The summed E-state index contributed by atoms with van der Waals surface area (Å²) in [6, 6.07) is 17.8. The van der Waals surface area contributed by atoms with Crippen molar-refractivity contribution in [2.45, 2.75) is 85.5 Å². The molecule has 0 aliphatic rings. The van der Waals surface area contributed by atoms with E-state index in [1.54, 1.807) is 6.07 Å². The highest BCUT2D eigenvalue weighted by Crippen LogP contribution is 2.31. The van der Waals surface area contributed by atoms with Gasteiger partial charge in [-0.2, -0.15) is 0 Å². The highest BCUT2D eigenvalue weighted by molar-refractivity contribution is 5.94. The Hall–Kier alpha value is -3.93. The number of nitrogens with zero attached hydrogens (tertiary/aromatic N) is 1. The van der Waals surface area contributed by atoms with Gasteiger partial charge in [-0.3, -0.25) is 14.6 Å². The van der Waals surface area contributed by atoms with Crippen molar-refractivity contribution < 1.29 is 19.8 Å². The van der Waals surface area contributed by atoms with E-state index in [0.717, 1.165) is 60.2 Å². The lowest BCUT2D eigenvalue weighted by Gasteiger charge is -2.25. The van der Waals surface area contributed by atoms with Gasteiger partial charge in [-0.1, -0.05) is 63.1 Å². The number of unbranched alkanes of at least 4 members (excludes halogenated alkanes) is 3. The number of phenolic OH excluding ortho intramolecular Hbond substituents is 1. The second-order valence-electron chi connectivity index (χ2n) is 11.0. The lowest BCUT2D eigenvalue weighted by atomic mass is 9.79. The number of carbonyl (C=O) groups excluding carboxylic acids is 1. The number of phenols is 1. The first-order chi connectivity index (χ1) is 19.7. The molecule has 6 heteroatoms. The molecule has 3 N–H and O–H groups in total. The van der Waals surface area contributed by atoms with E-state index < -0.39 is 11.4 Å². The smallest absolute Gasteiger partial charge is 0.310 e. The molecule has 1 amide bonds. The number of hydrogen-bond donors (Lipinski definition) is 3. The number of rotatable bonds is 15. The second-order valence-corrected chi connectivity index (χ2v) is 11.0. The number of pyridine rings is 1. The standard InChI is InChI=1S/C35H44N2O4/c1-5-35(6-2,34(40)41)24-32(38)37-31-18-11-14-27(23-31)19-20-30-17-12-16-29(36-30)15-10-8-7-9-13-28-21-25(3)33(39)26(4)22-28/h11-12,14,16-23,39H,5-10,13,15,24H2,1-4H3,(H,37,38)(H,40,41). The van der Waals surface area contributed by atoms with Crippen LogP contribution in [0, 0.1) is 19.3 Å². The summed E-state index contributed by atoms with van der Waals surface area (Å²) < 4.78 is 0. The van der Waals surface area contributed by atoms with E-state index in [-0.39, 0.29) is 12.3 Å². The Bertz CT molecular complexity index is 1330. The lowest BCUT2D eigenvalue weighted by Crippen LogP contribution is -2.34. The van der Waals surface area contributed by atoms with Crippen molar-refractivity contribution in [3.05, 3.63) is 88.2 Å². The number of carboxylic acids is 1. The molecule has 0 atom stereocenters. The third kappa shape index (κ3) is 9.31. The maximum Gasteiger partial charge on any atom is 0.310 e. The van der Waals surface area contributed by atoms with Crippen LogP contribution in [0.4, 0.5) is 5.69 Å². The number of aromatic hydroxyl groups is 1. The highest BCUT2D eigenvalue weighted by atomic mass is 16.4. The number of amides is 1. The summed E-state index contributed by atoms with van der Waals surface area (Å²) in [5.74, 6) is -0.822. The molecule has 2 aromatic carbocycles. The van der Waals surface area contributed by atoms with E-state index in [4.69, 9.17) is 4.98 Å². The molecule has 0 saturated heterocycles. The minimum Gasteiger partial charge on any atom is -0.507 e. The van der Waals surface area contributed by atoms with Gasteiger partial charge < -0.3 is 15.5 Å². The van der Waals surface area contributed by atoms with Crippen molar-refractivity contribution in [2.24, 2.45) is 5.41 Å². The Kier molecular flexibility index (Phi) is 11.7. The summed E-state index contributed by atoms with van der Waals surface area (Å²) in [5, 5.41) is 22.4. The summed E-state index contributed by atoms with van der Waals surface area (Å²) in [7, 11) is 0. The largest absolute Gasteiger partial charge is 0.507 e. The van der Waals surface area contributed by atoms with Crippen LogP contribution < -0.4 is 5.32 Å². The molecular weight excluding hydrogens is 512 g/mol. The molecule has 6 nitrogen and oxygen atoms in total. The fourth-order valence-corrected chi connectivity index (χ4v) is 5.20. The Morgan fingerprint density at radius 3 is 2.20 bits per heavy atom. The van der Waals surface area contributed by atoms with Crippen LogP contribution in [-0.2, 0) is 22.4 Å². The molecule has 218 valence electrons. The van der Waals surface area contributed by atoms with Crippen LogP contribution >= 0.6 is 0 Å². The van der Waals surface area contributed by atoms with Gasteiger partial charge in [0.2, 0.25) is 5.91 Å². The van der Waals surface area contributed by atoms with Crippen molar-refractivity contribution >= 4 is 29.7 Å². The zero-order chi connectivity index (χ0) is 29.8. The predicted molar refractivity (Wildman–Crippen MR) is 167 cm³/mol. The number of aryl methyl sites for hydroxylation is 4. The Morgan fingerprint density at radius 2 is 1.54 bits per heavy atom. The van der Waals surface area contributed by atoms with Crippen LogP contribution in [0.1, 0.15) is 92.4 Å². The molecule has 0 bridgehead atoms. The van der Waals surface area contributed by atoms with Gasteiger partial charge in [-0.25, -0.2) is 0 Å². The van der Waals surface area contributed by atoms with Crippen LogP contribution in [0.3, 0.4) is 0 Å². The van der Waals surface area contributed by atoms with Gasteiger partial charge in [0.1, 0.15) is 5.75 Å². The van der Waals surface area contributed by atoms with Crippen LogP contribution in [0.5, 0.6) is 5.75 Å². The molecule has 0 fully saturated rings. The topological polar surface area (TPSA) is 99.5 Å². The molecule has 0 radical (unpaired) electrons. The molecule has 3 aromatic rings. The van der Waals surface area contributed by atoms with E-state index in [1.165, 1.54) is 12.0 Å². The first kappa shape index (κ1) is 31.6. The average Bonchev–Trinajstić information content (AvgIpc) is 2.95. The van der Waals surface area contributed by atoms with Gasteiger partial charge >= 0.3 is 5.97 Å². The predicted octanol–water partition coefficient (Wildman–Crippen LogP) is 8.14. The summed E-state index contributed by atoms with van der Waals surface area (Å²) in [6.07, 6.45) is 11.2.